The Morgan fingerprint density at radius 3 is 2.67 bits per heavy atom. The zero-order chi connectivity index (χ0) is 30.0. The number of halogens is 2. The monoisotopic (exact) mass is 587 g/mol. The topological polar surface area (TPSA) is 92.3 Å². The molecule has 0 saturated carbocycles. The molecule has 0 spiro atoms. The van der Waals surface area contributed by atoms with Crippen molar-refractivity contribution in [1.29, 1.82) is 0 Å². The van der Waals surface area contributed by atoms with Gasteiger partial charge in [0.05, 0.1) is 10.6 Å². The molecular formula is C31H29ClFN6O3+. The van der Waals surface area contributed by atoms with Gasteiger partial charge in [-0.15, -0.1) is 4.57 Å². The van der Waals surface area contributed by atoms with Gasteiger partial charge in [0.2, 0.25) is 5.91 Å². The quantitative estimate of drug-likeness (QED) is 0.202. The van der Waals surface area contributed by atoms with Gasteiger partial charge in [-0.1, -0.05) is 30.3 Å². The first kappa shape index (κ1) is 27.7. The molecule has 2 aliphatic heterocycles. The van der Waals surface area contributed by atoms with Crippen LogP contribution in [0.4, 0.5) is 10.2 Å². The molecular weight excluding hydrogens is 559 g/mol. The third kappa shape index (κ3) is 3.96. The number of fused-ring (bicyclic) bond motifs is 2. The third-order valence-corrected chi connectivity index (χ3v) is 8.63. The highest BCUT2D eigenvalue weighted by molar-refractivity contribution is 6.33. The zero-order valence-corrected chi connectivity index (χ0v) is 24.4. The van der Waals surface area contributed by atoms with E-state index in [1.807, 2.05) is 38.7 Å². The summed E-state index contributed by atoms with van der Waals surface area (Å²) in [5.74, 6) is -0.361. The summed E-state index contributed by atoms with van der Waals surface area (Å²) in [4.78, 5) is 51.5. The van der Waals surface area contributed by atoms with Gasteiger partial charge in [0.1, 0.15) is 22.9 Å². The summed E-state index contributed by atoms with van der Waals surface area (Å²) in [6.45, 7) is 12.1. The maximum absolute atomic E-state index is 15.5. The Morgan fingerprint density at radius 2 is 1.95 bits per heavy atom. The minimum Gasteiger partial charge on any atom is -0.349 e. The van der Waals surface area contributed by atoms with Crippen molar-refractivity contribution in [2.24, 2.45) is 0 Å². The first-order chi connectivity index (χ1) is 20.1. The number of aldehydes is 1. The van der Waals surface area contributed by atoms with E-state index in [1.165, 1.54) is 28.8 Å². The van der Waals surface area contributed by atoms with Crippen LogP contribution in [0.25, 0.3) is 28.0 Å². The molecule has 5 heterocycles. The lowest BCUT2D eigenvalue weighted by atomic mass is 9.99. The molecule has 1 saturated heterocycles. The SMILES string of the molecule is C=CC(=O)N1C[C@H](C)N(c2nc(=O)n3c4c2cc(Cl)c(-c2c(F)cccc2C=O)[n+]4C(C)c2nccc(C)c2-3)C[C@H]1C. The van der Waals surface area contributed by atoms with Crippen LogP contribution in [0.2, 0.25) is 5.02 Å². The van der Waals surface area contributed by atoms with Gasteiger partial charge in [0, 0.05) is 42.5 Å². The molecule has 42 heavy (non-hydrogen) atoms. The Morgan fingerprint density at radius 1 is 1.19 bits per heavy atom. The second-order valence-corrected chi connectivity index (χ2v) is 11.3. The van der Waals surface area contributed by atoms with E-state index in [-0.39, 0.29) is 39.8 Å². The maximum atomic E-state index is 15.5. The molecule has 0 radical (unpaired) electrons. The molecule has 11 heteroatoms. The average molecular weight is 588 g/mol. The summed E-state index contributed by atoms with van der Waals surface area (Å²) in [7, 11) is 0. The molecule has 0 aliphatic carbocycles. The minimum atomic E-state index is -0.617. The van der Waals surface area contributed by atoms with Crippen LogP contribution >= 0.6 is 11.6 Å². The number of anilines is 1. The highest BCUT2D eigenvalue weighted by atomic mass is 35.5. The molecule has 214 valence electrons. The van der Waals surface area contributed by atoms with E-state index < -0.39 is 17.5 Å². The van der Waals surface area contributed by atoms with Crippen molar-refractivity contribution in [2.75, 3.05) is 18.0 Å². The number of hydrogen-bond donors (Lipinski definition) is 0. The van der Waals surface area contributed by atoms with Crippen molar-refractivity contribution in [3.8, 4) is 16.9 Å². The number of carbonyl (C=O) groups excluding carboxylic acids is 2. The van der Waals surface area contributed by atoms with Gasteiger partial charge < -0.3 is 9.80 Å². The Kier molecular flexibility index (Phi) is 6.68. The fourth-order valence-corrected chi connectivity index (χ4v) is 6.65. The van der Waals surface area contributed by atoms with Crippen LogP contribution in [0.1, 0.15) is 48.4 Å². The summed E-state index contributed by atoms with van der Waals surface area (Å²) in [6.07, 6.45) is 3.56. The van der Waals surface area contributed by atoms with E-state index in [2.05, 4.69) is 16.5 Å². The van der Waals surface area contributed by atoms with Crippen LogP contribution in [0.5, 0.6) is 0 Å². The molecule has 0 N–H and O–H groups in total. The van der Waals surface area contributed by atoms with E-state index in [0.717, 1.165) is 5.56 Å². The third-order valence-electron chi connectivity index (χ3n) is 8.34. The van der Waals surface area contributed by atoms with E-state index >= 15 is 4.39 Å². The van der Waals surface area contributed by atoms with Gasteiger partial charge in [-0.2, -0.15) is 4.98 Å². The number of amides is 1. The predicted molar refractivity (Wildman–Crippen MR) is 158 cm³/mol. The molecule has 0 bridgehead atoms. The van der Waals surface area contributed by atoms with Crippen molar-refractivity contribution < 1.29 is 18.5 Å². The molecule has 4 aromatic rings. The van der Waals surface area contributed by atoms with Crippen molar-refractivity contribution in [1.82, 2.24) is 19.4 Å². The second-order valence-electron chi connectivity index (χ2n) is 10.9. The first-order valence-electron chi connectivity index (χ1n) is 13.7. The number of hydrogen-bond acceptors (Lipinski definition) is 6. The molecule has 6 rings (SSSR count). The molecule has 1 unspecified atom stereocenters. The predicted octanol–water partition coefficient (Wildman–Crippen LogP) is 4.18. The van der Waals surface area contributed by atoms with Crippen LogP contribution in [-0.2, 0) is 4.79 Å². The van der Waals surface area contributed by atoms with Crippen LogP contribution in [0, 0.1) is 12.7 Å². The Balaban J connectivity index is 1.72. The van der Waals surface area contributed by atoms with Gasteiger partial charge in [-0.25, -0.2) is 13.8 Å². The highest BCUT2D eigenvalue weighted by Gasteiger charge is 2.42. The number of nitrogens with zero attached hydrogens (tertiary/aromatic N) is 6. The largest absolute Gasteiger partial charge is 0.442 e. The van der Waals surface area contributed by atoms with E-state index in [9.17, 15) is 14.4 Å². The first-order valence-corrected chi connectivity index (χ1v) is 14.1. The number of benzene rings is 1. The maximum Gasteiger partial charge on any atom is 0.442 e. The number of piperazine rings is 1. The highest BCUT2D eigenvalue weighted by Crippen LogP contribution is 2.40. The summed E-state index contributed by atoms with van der Waals surface area (Å²) in [6, 6.07) is 6.93. The Bertz CT molecular complexity index is 1890. The van der Waals surface area contributed by atoms with E-state index in [4.69, 9.17) is 11.6 Å². The fourth-order valence-electron chi connectivity index (χ4n) is 6.36. The fraction of sp³-hybridized carbons (Fsp3) is 0.290. The smallest absolute Gasteiger partial charge is 0.349 e. The van der Waals surface area contributed by atoms with Gasteiger partial charge in [-0.3, -0.25) is 14.6 Å². The van der Waals surface area contributed by atoms with Crippen molar-refractivity contribution in [3.63, 3.8) is 0 Å². The molecule has 3 aromatic heterocycles. The summed E-state index contributed by atoms with van der Waals surface area (Å²) < 4.78 is 18.8. The van der Waals surface area contributed by atoms with Gasteiger partial charge in [-0.05, 0) is 52.0 Å². The summed E-state index contributed by atoms with van der Waals surface area (Å²) >= 11 is 7.00. The van der Waals surface area contributed by atoms with Crippen molar-refractivity contribution in [3.05, 3.63) is 87.3 Å². The standard InChI is InChI=1S/C31H29ClFN6O3/c1-6-24(41)36-13-18(4)37(14-17(36)3)29-21-12-22(32)28(25-20(15-40)8-7-9-23(25)33)38-19(5)26-27(16(2)10-11-34-26)39(30(21)38)31(42)35-29/h6-12,15,17-19H,1,13-14H2,2-5H3/q+1/t17-,18+,19?/m1/s1. The molecule has 1 fully saturated rings. The summed E-state index contributed by atoms with van der Waals surface area (Å²) in [5.41, 5.74) is 2.39. The van der Waals surface area contributed by atoms with Gasteiger partial charge in [0.25, 0.3) is 0 Å². The van der Waals surface area contributed by atoms with Crippen LogP contribution in [0.15, 0.2) is 54.0 Å². The molecule has 9 nitrogen and oxygen atoms in total. The lowest BCUT2D eigenvalue weighted by Crippen LogP contribution is -2.58. The molecule has 2 aliphatic rings. The Labute approximate surface area is 246 Å². The van der Waals surface area contributed by atoms with Gasteiger partial charge >= 0.3 is 11.3 Å². The molecule has 3 atom stereocenters. The zero-order valence-electron chi connectivity index (χ0n) is 23.6. The minimum absolute atomic E-state index is 0.0401. The van der Waals surface area contributed by atoms with E-state index in [1.54, 1.807) is 21.7 Å². The average Bonchev–Trinajstić information content (AvgIpc) is 2.97. The second kappa shape index (κ2) is 10.1. The number of pyridine rings is 2. The number of aryl methyl sites for hydroxylation is 1. The molecule has 1 amide bonds. The number of rotatable bonds is 4. The summed E-state index contributed by atoms with van der Waals surface area (Å²) in [5, 5.41) is 0.767. The van der Waals surface area contributed by atoms with Crippen LogP contribution < -0.4 is 15.2 Å². The Hall–Kier alpha value is -4.44. The number of aromatic nitrogens is 4. The molecule has 1 aromatic carbocycles. The van der Waals surface area contributed by atoms with Crippen molar-refractivity contribution in [2.45, 2.75) is 45.8 Å². The normalized spacial score (nSPS) is 19.5. The van der Waals surface area contributed by atoms with Crippen LogP contribution in [-0.4, -0.2) is 56.8 Å². The van der Waals surface area contributed by atoms with Crippen molar-refractivity contribution >= 4 is 40.6 Å². The van der Waals surface area contributed by atoms with Crippen LogP contribution in [0.3, 0.4) is 0 Å². The lowest BCUT2D eigenvalue weighted by molar-refractivity contribution is -0.679. The number of carbonyl (C=O) groups is 2. The lowest BCUT2D eigenvalue weighted by Gasteiger charge is -2.44. The van der Waals surface area contributed by atoms with Gasteiger partial charge in [0.15, 0.2) is 23.5 Å². The van der Waals surface area contributed by atoms with E-state index in [0.29, 0.717) is 47.6 Å².